The fourth-order valence-electron chi connectivity index (χ4n) is 18.3. The van der Waals surface area contributed by atoms with Gasteiger partial charge in [0, 0.05) is 150 Å². The highest BCUT2D eigenvalue weighted by Crippen LogP contribution is 2.43. The van der Waals surface area contributed by atoms with Crippen molar-refractivity contribution in [3.63, 3.8) is 0 Å². The Bertz CT molecular complexity index is 7380. The lowest BCUT2D eigenvalue weighted by Crippen LogP contribution is -1.89. The van der Waals surface area contributed by atoms with Gasteiger partial charge in [-0.2, -0.15) is 0 Å². The number of hydrogen-bond donors (Lipinski definition) is 0. The van der Waals surface area contributed by atoms with Crippen LogP contribution in [-0.2, 0) is 0 Å². The SMILES string of the molecule is c1cc(-c2ccncc2)cc(-c2cccc(-c3cc(-c4cncnc4)cc(-c4cccc(-c5cccc(-c6ccncc6)c5)c4)c3)c2)c1.c1cc(-c2cncnc2)cc(-c2cccc(-c3cc(-c4cncnc4)cc(-c4cccc(-c5cccc(-c6cncnc6)c5)c4)c3)c2)c1.c1cncc(-c2cccc(-c3cccc(-c4cc(-c5cncnc5)cc(-c5cccc(-c6cccc(-c7cccnc7)c6)c5)c4)c3)c2)c1. The zero-order valence-corrected chi connectivity index (χ0v) is 78.1. The van der Waals surface area contributed by atoms with Crippen LogP contribution in [0.2, 0.25) is 0 Å². The lowest BCUT2D eigenvalue weighted by Gasteiger charge is -2.13. The van der Waals surface area contributed by atoms with E-state index in [2.05, 4.69) is 428 Å². The van der Waals surface area contributed by atoms with Crippen molar-refractivity contribution in [3.8, 4) is 234 Å². The third-order valence-corrected chi connectivity index (χ3v) is 25.6. The minimum absolute atomic E-state index is 0.962. The van der Waals surface area contributed by atoms with Crippen molar-refractivity contribution in [2.75, 3.05) is 0 Å². The van der Waals surface area contributed by atoms with Gasteiger partial charge in [0.05, 0.1) is 0 Å². The van der Waals surface area contributed by atoms with Crippen molar-refractivity contribution in [1.82, 2.24) is 69.8 Å². The zero-order chi connectivity index (χ0) is 96.4. The molecule has 24 rings (SSSR count). The van der Waals surface area contributed by atoms with Crippen molar-refractivity contribution in [2.24, 2.45) is 0 Å². The van der Waals surface area contributed by atoms with Crippen LogP contribution in [0.15, 0.2) is 537 Å². The Balaban J connectivity index is 0.000000123. The van der Waals surface area contributed by atoms with E-state index in [1.807, 2.05) is 136 Å². The van der Waals surface area contributed by atoms with Gasteiger partial charge >= 0.3 is 0 Å². The summed E-state index contributed by atoms with van der Waals surface area (Å²) in [4.78, 5) is 59.7. The van der Waals surface area contributed by atoms with Crippen LogP contribution >= 0.6 is 0 Å². The largest absolute Gasteiger partial charge is 0.265 e. The van der Waals surface area contributed by atoms with E-state index in [0.717, 1.165) is 211 Å². The van der Waals surface area contributed by atoms with Gasteiger partial charge in [-0.15, -0.1) is 0 Å². The molecule has 0 aliphatic carbocycles. The van der Waals surface area contributed by atoms with Gasteiger partial charge < -0.3 is 0 Å². The number of benzene rings is 15. The maximum Gasteiger partial charge on any atom is 0.115 e. The molecule has 0 amide bonds. The average molecular weight is 1850 g/mol. The van der Waals surface area contributed by atoms with Crippen LogP contribution in [0.5, 0.6) is 0 Å². The molecule has 0 spiro atoms. The molecule has 0 aliphatic heterocycles. The quantitative estimate of drug-likeness (QED) is 0.0663. The third kappa shape index (κ3) is 21.1. The Hall–Kier alpha value is -19.7. The Labute approximate surface area is 835 Å². The molecular weight excluding hydrogens is 1760 g/mol. The van der Waals surface area contributed by atoms with E-state index in [1.54, 1.807) is 44.0 Å². The molecule has 0 N–H and O–H groups in total. The average Bonchev–Trinajstić information content (AvgIpc) is 0.792. The van der Waals surface area contributed by atoms with E-state index < -0.39 is 0 Å². The van der Waals surface area contributed by atoms with Gasteiger partial charge in [0.25, 0.3) is 0 Å². The van der Waals surface area contributed by atoms with E-state index in [0.29, 0.717) is 0 Å². The molecule has 0 aliphatic rings. The summed E-state index contributed by atoms with van der Waals surface area (Å²) in [6.45, 7) is 0. The van der Waals surface area contributed by atoms with Gasteiger partial charge in [-0.05, 0) is 359 Å². The van der Waals surface area contributed by atoms with Gasteiger partial charge in [-0.1, -0.05) is 231 Å². The molecular formula is C130H88N14. The standard InChI is InChI=1S/2C44H30N4.C42H28N6/c1-7-31(19-35(11-1)39-15-5-17-45-26-39)33-9-3-13-37(21-33)41-23-42(25-43(24-41)44-28-47-30-48-29-44)38-14-4-10-34(22-38)32-8-2-12-36(20-32)40-16-6-18-46-27-40;1-5-33(31-13-17-45-18-14-31)21-35(7-1)37-9-3-11-39(23-37)41-25-42(27-43(26-41)44-28-47-30-48-29-44)40-12-4-10-38(24-40)36-8-2-6-34(22-36)32-15-19-46-20-16-32;1-5-29(31-7-3-11-35(15-31)40-20-43-26-44-21-40)13-33(9-1)37-17-38(19-39(18-37)42-24-47-28-48-25-42)34-10-2-6-30(14-34)32-8-4-12-36(16-32)41-22-45-27-46-23-41/h2*1-30H;1-28H. The summed E-state index contributed by atoms with van der Waals surface area (Å²) in [5.74, 6) is 0. The molecule has 9 heterocycles. The summed E-state index contributed by atoms with van der Waals surface area (Å²) in [5.41, 5.74) is 46.7. The van der Waals surface area contributed by atoms with Gasteiger partial charge in [-0.3, -0.25) is 19.9 Å². The van der Waals surface area contributed by atoms with Crippen molar-refractivity contribution in [1.29, 1.82) is 0 Å². The fourth-order valence-corrected chi connectivity index (χ4v) is 18.3. The Morgan fingerprint density at radius 1 is 0.0764 bits per heavy atom. The second kappa shape index (κ2) is 42.5. The van der Waals surface area contributed by atoms with E-state index in [1.165, 1.54) is 22.3 Å². The van der Waals surface area contributed by atoms with Crippen molar-refractivity contribution in [2.45, 2.75) is 0 Å². The number of pyridine rings is 4. The van der Waals surface area contributed by atoms with Gasteiger partial charge in [0.15, 0.2) is 0 Å². The molecule has 14 heteroatoms. The van der Waals surface area contributed by atoms with Crippen LogP contribution in [0.4, 0.5) is 0 Å². The topological polar surface area (TPSA) is 180 Å². The maximum atomic E-state index is 4.32. The second-order valence-corrected chi connectivity index (χ2v) is 35.0. The van der Waals surface area contributed by atoms with Crippen LogP contribution in [-0.4, -0.2) is 69.8 Å². The van der Waals surface area contributed by atoms with Gasteiger partial charge in [0.1, 0.15) is 31.6 Å². The summed E-state index contributed by atoms with van der Waals surface area (Å²) in [5, 5.41) is 0. The van der Waals surface area contributed by atoms with Crippen LogP contribution in [0, 0.1) is 0 Å². The number of nitrogens with zero attached hydrogens (tertiary/aromatic N) is 14. The monoisotopic (exact) mass is 1840 g/mol. The van der Waals surface area contributed by atoms with Crippen LogP contribution in [0.1, 0.15) is 0 Å². The molecule has 0 atom stereocenters. The maximum absolute atomic E-state index is 4.32. The molecule has 0 unspecified atom stereocenters. The summed E-state index contributed by atoms with van der Waals surface area (Å²) >= 11 is 0. The first kappa shape index (κ1) is 89.5. The summed E-state index contributed by atoms with van der Waals surface area (Å²) in [6, 6.07) is 141. The first-order valence-corrected chi connectivity index (χ1v) is 47.4. The second-order valence-electron chi connectivity index (χ2n) is 35.0. The van der Waals surface area contributed by atoms with E-state index >= 15 is 0 Å². The molecule has 14 nitrogen and oxygen atoms in total. The molecule has 0 radical (unpaired) electrons. The molecule has 0 saturated heterocycles. The summed E-state index contributed by atoms with van der Waals surface area (Å²) in [7, 11) is 0. The fraction of sp³-hybridized carbons (Fsp3) is 0. The first-order chi connectivity index (χ1) is 71.3. The van der Waals surface area contributed by atoms with Crippen molar-refractivity contribution < 1.29 is 0 Å². The molecule has 0 bridgehead atoms. The molecule has 0 saturated carbocycles. The lowest BCUT2D eigenvalue weighted by molar-refractivity contribution is 1.17. The minimum atomic E-state index is 0.962. The van der Waals surface area contributed by atoms with Crippen LogP contribution < -0.4 is 0 Å². The molecule has 9 aromatic heterocycles. The van der Waals surface area contributed by atoms with E-state index in [-0.39, 0.29) is 0 Å². The Morgan fingerprint density at radius 2 is 0.194 bits per heavy atom. The first-order valence-electron chi connectivity index (χ1n) is 47.4. The highest BCUT2D eigenvalue weighted by Gasteiger charge is 2.19. The Morgan fingerprint density at radius 3 is 0.361 bits per heavy atom. The molecule has 24 aromatic rings. The summed E-state index contributed by atoms with van der Waals surface area (Å²) < 4.78 is 0. The Kier molecular flexibility index (Phi) is 26.4. The molecule has 144 heavy (non-hydrogen) atoms. The molecule has 15 aromatic carbocycles. The lowest BCUT2D eigenvalue weighted by atomic mass is 9.91. The highest BCUT2D eigenvalue weighted by molar-refractivity contribution is 5.91. The van der Waals surface area contributed by atoms with Crippen molar-refractivity contribution in [3.05, 3.63) is 537 Å². The molecule has 678 valence electrons. The summed E-state index contributed by atoms with van der Waals surface area (Å²) in [6.07, 6.45) is 41.1. The third-order valence-electron chi connectivity index (χ3n) is 25.6. The highest BCUT2D eigenvalue weighted by atomic mass is 14.8. The van der Waals surface area contributed by atoms with E-state index in [4.69, 9.17) is 0 Å². The predicted octanol–water partition coefficient (Wildman–Crippen LogP) is 31.6. The van der Waals surface area contributed by atoms with Gasteiger partial charge in [0.2, 0.25) is 0 Å². The predicted molar refractivity (Wildman–Crippen MR) is 583 cm³/mol. The number of aromatic nitrogens is 14. The zero-order valence-electron chi connectivity index (χ0n) is 78.1. The smallest absolute Gasteiger partial charge is 0.115 e. The number of rotatable bonds is 21. The van der Waals surface area contributed by atoms with Gasteiger partial charge in [-0.25, -0.2) is 49.8 Å². The molecule has 0 fully saturated rings. The minimum Gasteiger partial charge on any atom is -0.265 e. The number of hydrogen-bond acceptors (Lipinski definition) is 14. The van der Waals surface area contributed by atoms with Crippen LogP contribution in [0.25, 0.3) is 234 Å². The van der Waals surface area contributed by atoms with E-state index in [9.17, 15) is 0 Å². The normalized spacial score (nSPS) is 10.9. The van der Waals surface area contributed by atoms with Crippen LogP contribution in [0.3, 0.4) is 0 Å². The van der Waals surface area contributed by atoms with Crippen molar-refractivity contribution >= 4 is 0 Å².